The average molecular weight is 434 g/mol. The molecule has 0 atom stereocenters. The highest BCUT2D eigenvalue weighted by molar-refractivity contribution is 6.31. The molecule has 3 rings (SSSR count). The van der Waals surface area contributed by atoms with Gasteiger partial charge in [0.25, 0.3) is 0 Å². The van der Waals surface area contributed by atoms with E-state index in [1.807, 2.05) is 67.6 Å². The molecule has 0 saturated carbocycles. The summed E-state index contributed by atoms with van der Waals surface area (Å²) in [6.45, 7) is 3.58. The third-order valence-corrected chi connectivity index (χ3v) is 4.92. The first kappa shape index (κ1) is 22.2. The van der Waals surface area contributed by atoms with E-state index in [2.05, 4.69) is 15.8 Å². The summed E-state index contributed by atoms with van der Waals surface area (Å²) in [4.78, 5) is 24.4. The van der Waals surface area contributed by atoms with Gasteiger partial charge in [0, 0.05) is 16.4 Å². The molecule has 3 aromatic carbocycles. The van der Waals surface area contributed by atoms with Crippen molar-refractivity contribution < 1.29 is 9.59 Å². The Morgan fingerprint density at radius 1 is 0.903 bits per heavy atom. The van der Waals surface area contributed by atoms with E-state index in [4.69, 9.17) is 11.6 Å². The molecule has 0 aliphatic rings. The fourth-order valence-corrected chi connectivity index (χ4v) is 3.20. The lowest BCUT2D eigenvalue weighted by atomic mass is 10.0. The number of carbonyl (C=O) groups excluding carboxylic acids is 2. The molecule has 0 aliphatic carbocycles. The monoisotopic (exact) mass is 433 g/mol. The Morgan fingerprint density at radius 3 is 2.29 bits per heavy atom. The number of aryl methyl sites for hydroxylation is 1. The normalized spacial score (nSPS) is 11.1. The molecule has 0 unspecified atom stereocenters. The molecule has 0 spiro atoms. The molecule has 5 nitrogen and oxygen atoms in total. The summed E-state index contributed by atoms with van der Waals surface area (Å²) < 4.78 is 0. The number of hydrazone groups is 1. The summed E-state index contributed by atoms with van der Waals surface area (Å²) in [5.74, 6) is -0.463. The van der Waals surface area contributed by atoms with Crippen molar-refractivity contribution in [1.82, 2.24) is 5.43 Å². The lowest BCUT2D eigenvalue weighted by molar-refractivity contribution is -0.120. The van der Waals surface area contributed by atoms with Crippen LogP contribution in [0, 0.1) is 6.92 Å². The largest absolute Gasteiger partial charge is 0.325 e. The zero-order valence-electron chi connectivity index (χ0n) is 17.5. The second-order valence-electron chi connectivity index (χ2n) is 7.31. The Labute approximate surface area is 187 Å². The summed E-state index contributed by atoms with van der Waals surface area (Å²) in [5, 5.41) is 7.40. The number of nitrogens with zero attached hydrogens (tertiary/aromatic N) is 1. The fourth-order valence-electron chi connectivity index (χ4n) is 3.02. The predicted molar refractivity (Wildman–Crippen MR) is 126 cm³/mol. The van der Waals surface area contributed by atoms with Crippen LogP contribution in [0.3, 0.4) is 0 Å². The Morgan fingerprint density at radius 2 is 1.58 bits per heavy atom. The van der Waals surface area contributed by atoms with Crippen LogP contribution in [0.15, 0.2) is 77.9 Å². The van der Waals surface area contributed by atoms with Gasteiger partial charge in [-0.05, 0) is 48.2 Å². The van der Waals surface area contributed by atoms with Crippen LogP contribution in [-0.4, -0.2) is 17.5 Å². The molecular formula is C25H24ClN3O2. The van der Waals surface area contributed by atoms with Gasteiger partial charge in [-0.3, -0.25) is 9.59 Å². The van der Waals surface area contributed by atoms with Crippen LogP contribution in [0.25, 0.3) is 11.1 Å². The minimum absolute atomic E-state index is 0.0675. The van der Waals surface area contributed by atoms with E-state index in [9.17, 15) is 9.59 Å². The lowest BCUT2D eigenvalue weighted by Crippen LogP contribution is -2.23. The van der Waals surface area contributed by atoms with Crippen molar-refractivity contribution in [3.8, 4) is 11.1 Å². The van der Waals surface area contributed by atoms with Gasteiger partial charge in [-0.1, -0.05) is 72.3 Å². The lowest BCUT2D eigenvalue weighted by Gasteiger charge is -2.09. The number of rotatable bonds is 7. The van der Waals surface area contributed by atoms with E-state index in [0.29, 0.717) is 16.4 Å². The zero-order valence-corrected chi connectivity index (χ0v) is 18.2. The highest BCUT2D eigenvalue weighted by atomic mass is 35.5. The second-order valence-corrected chi connectivity index (χ2v) is 7.74. The third-order valence-electron chi connectivity index (χ3n) is 4.69. The highest BCUT2D eigenvalue weighted by Gasteiger charge is 2.08. The maximum atomic E-state index is 12.2. The quantitative estimate of drug-likeness (QED) is 0.388. The first-order valence-corrected chi connectivity index (χ1v) is 10.3. The van der Waals surface area contributed by atoms with Crippen LogP contribution in [0.1, 0.15) is 24.5 Å². The van der Waals surface area contributed by atoms with Crippen molar-refractivity contribution in [2.75, 3.05) is 5.32 Å². The van der Waals surface area contributed by atoms with E-state index in [1.165, 1.54) is 0 Å². The van der Waals surface area contributed by atoms with Gasteiger partial charge in [-0.2, -0.15) is 5.10 Å². The summed E-state index contributed by atoms with van der Waals surface area (Å²) >= 11 is 5.97. The van der Waals surface area contributed by atoms with Crippen LogP contribution in [0.5, 0.6) is 0 Å². The van der Waals surface area contributed by atoms with Gasteiger partial charge in [0.05, 0.1) is 12.8 Å². The Hall–Kier alpha value is -3.44. The second kappa shape index (κ2) is 10.5. The van der Waals surface area contributed by atoms with E-state index in [-0.39, 0.29) is 24.7 Å². The number of amides is 2. The van der Waals surface area contributed by atoms with Gasteiger partial charge in [-0.25, -0.2) is 5.43 Å². The minimum atomic E-state index is -0.238. The van der Waals surface area contributed by atoms with Gasteiger partial charge < -0.3 is 5.32 Å². The van der Waals surface area contributed by atoms with Gasteiger partial charge in [0.2, 0.25) is 11.8 Å². The number of carbonyl (C=O) groups is 2. The molecule has 3 aromatic rings. The van der Waals surface area contributed by atoms with Crippen molar-refractivity contribution in [2.24, 2.45) is 5.10 Å². The van der Waals surface area contributed by atoms with Crippen molar-refractivity contribution in [2.45, 2.75) is 26.7 Å². The van der Waals surface area contributed by atoms with E-state index in [1.54, 1.807) is 19.1 Å². The predicted octanol–water partition coefficient (Wildman–Crippen LogP) is 5.38. The van der Waals surface area contributed by atoms with Crippen LogP contribution < -0.4 is 10.7 Å². The van der Waals surface area contributed by atoms with Crippen LogP contribution in [0.2, 0.25) is 5.02 Å². The van der Waals surface area contributed by atoms with E-state index in [0.717, 1.165) is 22.3 Å². The molecule has 0 aliphatic heterocycles. The minimum Gasteiger partial charge on any atom is -0.325 e. The van der Waals surface area contributed by atoms with Crippen molar-refractivity contribution in [1.29, 1.82) is 0 Å². The van der Waals surface area contributed by atoms with E-state index < -0.39 is 0 Å². The summed E-state index contributed by atoms with van der Waals surface area (Å²) in [6, 6.07) is 23.2. The van der Waals surface area contributed by atoms with Crippen molar-refractivity contribution in [3.63, 3.8) is 0 Å². The molecular weight excluding hydrogens is 410 g/mol. The maximum Gasteiger partial charge on any atom is 0.244 e. The smallest absolute Gasteiger partial charge is 0.244 e. The van der Waals surface area contributed by atoms with Crippen molar-refractivity contribution >= 4 is 34.8 Å². The zero-order chi connectivity index (χ0) is 22.2. The van der Waals surface area contributed by atoms with Crippen molar-refractivity contribution in [3.05, 3.63) is 88.9 Å². The summed E-state index contributed by atoms with van der Waals surface area (Å²) in [5.41, 5.74) is 7.71. The molecule has 0 aromatic heterocycles. The molecule has 0 saturated heterocycles. The highest BCUT2D eigenvalue weighted by Crippen LogP contribution is 2.21. The number of anilines is 1. The fraction of sp³-hybridized carbons (Fsp3) is 0.160. The number of halogens is 1. The molecule has 2 amide bonds. The number of benzene rings is 3. The first-order valence-electron chi connectivity index (χ1n) is 9.93. The van der Waals surface area contributed by atoms with E-state index >= 15 is 0 Å². The van der Waals surface area contributed by atoms with Gasteiger partial charge in [-0.15, -0.1) is 0 Å². The molecule has 158 valence electrons. The summed E-state index contributed by atoms with van der Waals surface area (Å²) in [7, 11) is 0. The third kappa shape index (κ3) is 6.79. The summed E-state index contributed by atoms with van der Waals surface area (Å²) in [6.07, 6.45) is 0.276. The molecule has 0 fully saturated rings. The molecule has 0 heterocycles. The van der Waals surface area contributed by atoms with Crippen LogP contribution in [-0.2, 0) is 16.0 Å². The number of nitrogens with one attached hydrogen (secondary N) is 2. The topological polar surface area (TPSA) is 70.6 Å². The standard InChI is InChI=1S/C25H24ClN3O2/c1-17-8-13-22(26)16-23(17)27-24(30)14-18(2)28-29-25(31)15-19-9-11-21(12-10-19)20-6-4-3-5-7-20/h3-13,16H,14-15H2,1-2H3,(H,27,30)(H,29,31). The first-order chi connectivity index (χ1) is 14.9. The molecule has 0 bridgehead atoms. The maximum absolute atomic E-state index is 12.2. The molecule has 2 N–H and O–H groups in total. The number of hydrogen-bond donors (Lipinski definition) is 2. The van der Waals surface area contributed by atoms with Crippen LogP contribution >= 0.6 is 11.6 Å². The van der Waals surface area contributed by atoms with Crippen LogP contribution in [0.4, 0.5) is 5.69 Å². The molecule has 31 heavy (non-hydrogen) atoms. The SMILES string of the molecule is CC(CC(=O)Nc1cc(Cl)ccc1C)=NNC(=O)Cc1ccc(-c2ccccc2)cc1. The van der Waals surface area contributed by atoms with Gasteiger partial charge in [0.15, 0.2) is 0 Å². The Kier molecular flexibility index (Phi) is 7.57. The number of hydrogen-bond acceptors (Lipinski definition) is 3. The Balaban J connectivity index is 1.50. The molecule has 6 heteroatoms. The van der Waals surface area contributed by atoms with Gasteiger partial charge in [0.1, 0.15) is 0 Å². The molecule has 0 radical (unpaired) electrons. The average Bonchev–Trinajstić information content (AvgIpc) is 2.76. The van der Waals surface area contributed by atoms with Gasteiger partial charge >= 0.3 is 0 Å². The Bertz CT molecular complexity index is 1090.